The lowest BCUT2D eigenvalue weighted by molar-refractivity contribution is 0.947. The van der Waals surface area contributed by atoms with Crippen LogP contribution in [0.5, 0.6) is 0 Å². The van der Waals surface area contributed by atoms with Gasteiger partial charge in [-0.3, -0.25) is 0 Å². The average molecular weight is 278 g/mol. The number of aromatic nitrogens is 1. The number of rotatable bonds is 0. The predicted molar refractivity (Wildman–Crippen MR) is 70.8 cm³/mol. The van der Waals surface area contributed by atoms with Crippen molar-refractivity contribution in [1.29, 1.82) is 0 Å². The Balaban J connectivity index is 2.39. The van der Waals surface area contributed by atoms with Crippen LogP contribution in [-0.2, 0) is 6.42 Å². The molecule has 1 aromatic heterocycles. The summed E-state index contributed by atoms with van der Waals surface area (Å²) in [6, 6.07) is 6.05. The van der Waals surface area contributed by atoms with E-state index >= 15 is 0 Å². The third-order valence-corrected chi connectivity index (χ3v) is 3.62. The first-order chi connectivity index (χ1) is 7.66. The first kappa shape index (κ1) is 9.90. The number of nitrogen functional groups attached to an aromatic ring is 1. The van der Waals surface area contributed by atoms with Crippen LogP contribution in [0.15, 0.2) is 22.7 Å². The fourth-order valence-corrected chi connectivity index (χ4v) is 2.59. The van der Waals surface area contributed by atoms with E-state index in [4.69, 9.17) is 5.73 Å². The standard InChI is InChI=1S/C12H12BrN3/c1-16-5-4-9-11(14)8-3-2-7(13)6-10(8)15-12(9)16/h2-3,6H,4-5H2,1H3,(H2,14,15). The van der Waals surface area contributed by atoms with Gasteiger partial charge in [0.25, 0.3) is 0 Å². The van der Waals surface area contributed by atoms with Gasteiger partial charge >= 0.3 is 0 Å². The Morgan fingerprint density at radius 1 is 1.44 bits per heavy atom. The van der Waals surface area contributed by atoms with Gasteiger partial charge in [0, 0.05) is 34.7 Å². The average Bonchev–Trinajstić information content (AvgIpc) is 2.61. The molecule has 0 radical (unpaired) electrons. The molecule has 16 heavy (non-hydrogen) atoms. The summed E-state index contributed by atoms with van der Waals surface area (Å²) < 4.78 is 1.03. The summed E-state index contributed by atoms with van der Waals surface area (Å²) in [5.41, 5.74) is 9.24. The zero-order valence-corrected chi connectivity index (χ0v) is 10.6. The summed E-state index contributed by atoms with van der Waals surface area (Å²) in [6.07, 6.45) is 0.997. The molecule has 1 aromatic carbocycles. The van der Waals surface area contributed by atoms with E-state index in [1.54, 1.807) is 0 Å². The molecule has 0 saturated heterocycles. The Morgan fingerprint density at radius 3 is 3.06 bits per heavy atom. The first-order valence-corrected chi connectivity index (χ1v) is 6.05. The minimum absolute atomic E-state index is 0.886. The molecular formula is C12H12BrN3. The highest BCUT2D eigenvalue weighted by molar-refractivity contribution is 9.10. The molecule has 3 nitrogen and oxygen atoms in total. The highest BCUT2D eigenvalue weighted by atomic mass is 79.9. The number of hydrogen-bond donors (Lipinski definition) is 1. The van der Waals surface area contributed by atoms with E-state index in [0.717, 1.165) is 39.8 Å². The molecule has 0 spiro atoms. The van der Waals surface area contributed by atoms with Crippen molar-refractivity contribution >= 4 is 38.3 Å². The maximum absolute atomic E-state index is 6.20. The summed E-state index contributed by atoms with van der Waals surface area (Å²) in [5, 5.41) is 1.05. The maximum Gasteiger partial charge on any atom is 0.134 e. The van der Waals surface area contributed by atoms with Crippen molar-refractivity contribution in [2.24, 2.45) is 0 Å². The fraction of sp³-hybridized carbons (Fsp3) is 0.250. The van der Waals surface area contributed by atoms with Crippen LogP contribution in [-0.4, -0.2) is 18.6 Å². The monoisotopic (exact) mass is 277 g/mol. The number of fused-ring (bicyclic) bond motifs is 2. The van der Waals surface area contributed by atoms with E-state index in [2.05, 4.69) is 32.9 Å². The van der Waals surface area contributed by atoms with Gasteiger partial charge in [-0.15, -0.1) is 0 Å². The summed E-state index contributed by atoms with van der Waals surface area (Å²) in [6.45, 7) is 1.00. The van der Waals surface area contributed by atoms with Gasteiger partial charge in [-0.2, -0.15) is 0 Å². The van der Waals surface area contributed by atoms with E-state index < -0.39 is 0 Å². The molecule has 1 aliphatic heterocycles. The van der Waals surface area contributed by atoms with Crippen LogP contribution in [0.4, 0.5) is 11.5 Å². The molecule has 0 bridgehead atoms. The van der Waals surface area contributed by atoms with Gasteiger partial charge < -0.3 is 10.6 Å². The van der Waals surface area contributed by atoms with Crippen molar-refractivity contribution in [3.05, 3.63) is 28.2 Å². The Hall–Kier alpha value is -1.29. The van der Waals surface area contributed by atoms with Crippen molar-refractivity contribution < 1.29 is 0 Å². The summed E-state index contributed by atoms with van der Waals surface area (Å²) in [7, 11) is 2.06. The maximum atomic E-state index is 6.20. The Kier molecular flexibility index (Phi) is 2.07. The normalized spacial score (nSPS) is 14.5. The Labute approximate surface area is 102 Å². The highest BCUT2D eigenvalue weighted by Gasteiger charge is 2.21. The molecule has 0 atom stereocenters. The smallest absolute Gasteiger partial charge is 0.134 e. The van der Waals surface area contributed by atoms with Gasteiger partial charge in [0.2, 0.25) is 0 Å². The van der Waals surface area contributed by atoms with Gasteiger partial charge in [0.15, 0.2) is 0 Å². The number of benzene rings is 1. The molecule has 0 saturated carbocycles. The van der Waals surface area contributed by atoms with Crippen LogP contribution in [0.3, 0.4) is 0 Å². The number of nitrogens with two attached hydrogens (primary N) is 1. The van der Waals surface area contributed by atoms with Crippen LogP contribution in [0.25, 0.3) is 10.9 Å². The molecule has 0 aliphatic carbocycles. The molecule has 2 aromatic rings. The Morgan fingerprint density at radius 2 is 2.25 bits per heavy atom. The molecule has 1 aliphatic rings. The SMILES string of the molecule is CN1CCc2c1nc1cc(Br)ccc1c2N. The lowest BCUT2D eigenvalue weighted by Gasteiger charge is -2.13. The molecule has 0 fully saturated rings. The largest absolute Gasteiger partial charge is 0.398 e. The number of hydrogen-bond acceptors (Lipinski definition) is 3. The molecule has 0 amide bonds. The van der Waals surface area contributed by atoms with Crippen molar-refractivity contribution in [3.63, 3.8) is 0 Å². The minimum Gasteiger partial charge on any atom is -0.398 e. The van der Waals surface area contributed by atoms with Crippen LogP contribution in [0, 0.1) is 0 Å². The number of pyridine rings is 1. The van der Waals surface area contributed by atoms with E-state index in [0.29, 0.717) is 0 Å². The highest BCUT2D eigenvalue weighted by Crippen LogP contribution is 2.35. The van der Waals surface area contributed by atoms with Gasteiger partial charge in [0.05, 0.1) is 5.52 Å². The van der Waals surface area contributed by atoms with Gasteiger partial charge in [-0.25, -0.2) is 4.98 Å². The molecule has 3 rings (SSSR count). The summed E-state index contributed by atoms with van der Waals surface area (Å²) in [5.74, 6) is 1.03. The predicted octanol–water partition coefficient (Wildman–Crippen LogP) is 2.57. The summed E-state index contributed by atoms with van der Waals surface area (Å²) in [4.78, 5) is 6.83. The van der Waals surface area contributed by atoms with Crippen molar-refractivity contribution in [2.75, 3.05) is 24.2 Å². The van der Waals surface area contributed by atoms with Crippen molar-refractivity contribution in [1.82, 2.24) is 4.98 Å². The van der Waals surface area contributed by atoms with Gasteiger partial charge in [-0.1, -0.05) is 15.9 Å². The molecular weight excluding hydrogens is 266 g/mol. The zero-order chi connectivity index (χ0) is 11.3. The minimum atomic E-state index is 0.886. The molecule has 4 heteroatoms. The topological polar surface area (TPSA) is 42.2 Å². The second kappa shape index (κ2) is 3.35. The number of anilines is 2. The number of halogens is 1. The van der Waals surface area contributed by atoms with Crippen LogP contribution in [0.2, 0.25) is 0 Å². The van der Waals surface area contributed by atoms with Crippen LogP contribution < -0.4 is 10.6 Å². The van der Waals surface area contributed by atoms with E-state index in [1.807, 2.05) is 18.2 Å². The van der Waals surface area contributed by atoms with E-state index in [1.165, 1.54) is 5.56 Å². The lowest BCUT2D eigenvalue weighted by atomic mass is 10.1. The van der Waals surface area contributed by atoms with Gasteiger partial charge in [-0.05, 0) is 24.6 Å². The fourth-order valence-electron chi connectivity index (χ4n) is 2.24. The van der Waals surface area contributed by atoms with E-state index in [-0.39, 0.29) is 0 Å². The summed E-state index contributed by atoms with van der Waals surface area (Å²) >= 11 is 3.46. The molecule has 0 unspecified atom stereocenters. The van der Waals surface area contributed by atoms with Crippen molar-refractivity contribution in [2.45, 2.75) is 6.42 Å². The zero-order valence-electron chi connectivity index (χ0n) is 9.00. The quantitative estimate of drug-likeness (QED) is 0.805. The molecule has 2 N–H and O–H groups in total. The second-order valence-corrected chi connectivity index (χ2v) is 5.08. The third kappa shape index (κ3) is 1.29. The van der Waals surface area contributed by atoms with Crippen LogP contribution >= 0.6 is 15.9 Å². The second-order valence-electron chi connectivity index (χ2n) is 4.16. The van der Waals surface area contributed by atoms with Crippen molar-refractivity contribution in [3.8, 4) is 0 Å². The third-order valence-electron chi connectivity index (χ3n) is 3.13. The molecule has 2 heterocycles. The van der Waals surface area contributed by atoms with Crippen LogP contribution in [0.1, 0.15) is 5.56 Å². The Bertz CT molecular complexity index is 580. The number of nitrogens with zero attached hydrogens (tertiary/aromatic N) is 2. The number of likely N-dealkylation sites (N-methyl/N-ethyl adjacent to an activating group) is 1. The van der Waals surface area contributed by atoms with Gasteiger partial charge in [0.1, 0.15) is 5.82 Å². The molecule has 82 valence electrons. The first-order valence-electron chi connectivity index (χ1n) is 5.25. The van der Waals surface area contributed by atoms with E-state index in [9.17, 15) is 0 Å². The lowest BCUT2D eigenvalue weighted by Crippen LogP contribution is -2.13.